The highest BCUT2D eigenvalue weighted by Crippen LogP contribution is 2.28. The molecule has 0 aliphatic carbocycles. The van der Waals surface area contributed by atoms with Crippen molar-refractivity contribution in [1.29, 1.82) is 0 Å². The molecule has 1 aliphatic heterocycles. The number of piperidine rings is 1. The van der Waals surface area contributed by atoms with E-state index in [0.717, 1.165) is 24.2 Å². The van der Waals surface area contributed by atoms with Gasteiger partial charge in [-0.2, -0.15) is 0 Å². The molecule has 0 unspecified atom stereocenters. The zero-order valence-corrected chi connectivity index (χ0v) is 27.6. The minimum Gasteiger partial charge on any atom is -0.446 e. The molecule has 250 valence electrons. The molecule has 3 N–H and O–H groups in total. The van der Waals surface area contributed by atoms with Gasteiger partial charge in [0.05, 0.1) is 5.69 Å². The number of alkyl carbamates (subject to hydrolysis) is 1. The lowest BCUT2D eigenvalue weighted by atomic mass is 10.0. The van der Waals surface area contributed by atoms with Gasteiger partial charge in [0.25, 0.3) is 11.8 Å². The van der Waals surface area contributed by atoms with Crippen molar-refractivity contribution in [2.45, 2.75) is 45.3 Å². The zero-order valence-electron chi connectivity index (χ0n) is 27.6. The molecule has 1 fully saturated rings. The first-order valence-electron chi connectivity index (χ1n) is 15.9. The lowest BCUT2D eigenvalue weighted by molar-refractivity contribution is 0.0525. The highest BCUT2D eigenvalue weighted by atomic mass is 16.6. The van der Waals surface area contributed by atoms with Crippen LogP contribution < -0.4 is 16.0 Å². The average Bonchev–Trinajstić information content (AvgIpc) is 3.05. The van der Waals surface area contributed by atoms with Crippen LogP contribution in [0.2, 0.25) is 0 Å². The maximum atomic E-state index is 13.1. The highest BCUT2D eigenvalue weighted by molar-refractivity contribution is 5.99. The SMILES string of the molecule is CN(CCN1CCC(OC(=O)Nc2ccccc2-c2ccccc2)CC1)C(=O)c1cccc(C(=O)NCCNC(=O)OC(C)(C)C)c1. The van der Waals surface area contributed by atoms with E-state index in [-0.39, 0.29) is 31.0 Å². The smallest absolute Gasteiger partial charge is 0.411 e. The van der Waals surface area contributed by atoms with Crippen molar-refractivity contribution < 1.29 is 28.7 Å². The molecule has 0 spiro atoms. The summed E-state index contributed by atoms with van der Waals surface area (Å²) in [6.07, 6.45) is 0.206. The standard InChI is InChI=1S/C36H45N5O6/c1-36(2,3)47-34(44)38-20-19-37-32(42)27-13-10-14-28(25-27)33(43)40(4)23-24-41-21-17-29(18-22-41)46-35(45)39-31-16-9-8-15-30(31)26-11-6-5-7-12-26/h5-16,25,29H,17-24H2,1-4H3,(H,37,42)(H,38,44)(H,39,45). The molecule has 11 heteroatoms. The van der Waals surface area contributed by atoms with E-state index in [1.54, 1.807) is 57.0 Å². The Bertz CT molecular complexity index is 1520. The van der Waals surface area contributed by atoms with Crippen molar-refractivity contribution in [3.05, 3.63) is 90.0 Å². The van der Waals surface area contributed by atoms with Crippen molar-refractivity contribution >= 4 is 29.7 Å². The first kappa shape index (κ1) is 35.0. The number of amides is 4. The van der Waals surface area contributed by atoms with Gasteiger partial charge in [0.2, 0.25) is 0 Å². The maximum absolute atomic E-state index is 13.1. The van der Waals surface area contributed by atoms with E-state index < -0.39 is 17.8 Å². The third-order valence-electron chi connectivity index (χ3n) is 7.61. The predicted octanol–water partition coefficient (Wildman–Crippen LogP) is 5.39. The van der Waals surface area contributed by atoms with Crippen molar-refractivity contribution in [2.24, 2.45) is 0 Å². The van der Waals surface area contributed by atoms with Crippen LogP contribution in [0.1, 0.15) is 54.3 Å². The van der Waals surface area contributed by atoms with Crippen LogP contribution in [0.4, 0.5) is 15.3 Å². The number of likely N-dealkylation sites (tertiary alicyclic amines) is 1. The van der Waals surface area contributed by atoms with Gasteiger partial charge in [0.15, 0.2) is 0 Å². The summed E-state index contributed by atoms with van der Waals surface area (Å²) in [6.45, 7) is 8.43. The van der Waals surface area contributed by atoms with Gasteiger partial charge in [0, 0.05) is 63.0 Å². The molecule has 3 aromatic rings. The Morgan fingerprint density at radius 3 is 2.21 bits per heavy atom. The van der Waals surface area contributed by atoms with E-state index in [4.69, 9.17) is 9.47 Å². The Hall–Kier alpha value is -4.90. The van der Waals surface area contributed by atoms with Crippen molar-refractivity contribution in [2.75, 3.05) is 51.6 Å². The van der Waals surface area contributed by atoms with Crippen LogP contribution in [0, 0.1) is 0 Å². The number of hydrogen-bond donors (Lipinski definition) is 3. The van der Waals surface area contributed by atoms with Gasteiger partial charge in [-0.3, -0.25) is 14.9 Å². The van der Waals surface area contributed by atoms with Gasteiger partial charge >= 0.3 is 12.2 Å². The number of carbonyl (C=O) groups is 4. The van der Waals surface area contributed by atoms with E-state index in [1.807, 2.05) is 54.6 Å². The van der Waals surface area contributed by atoms with Gasteiger partial charge < -0.3 is 29.9 Å². The fourth-order valence-electron chi connectivity index (χ4n) is 5.17. The summed E-state index contributed by atoms with van der Waals surface area (Å²) in [6, 6.07) is 24.1. The fraction of sp³-hybridized carbons (Fsp3) is 0.389. The Balaban J connectivity index is 1.17. The largest absolute Gasteiger partial charge is 0.446 e. The molecule has 47 heavy (non-hydrogen) atoms. The lowest BCUT2D eigenvalue weighted by Crippen LogP contribution is -2.42. The van der Waals surface area contributed by atoms with Crippen molar-refractivity contribution in [1.82, 2.24) is 20.4 Å². The molecule has 0 saturated carbocycles. The second-order valence-electron chi connectivity index (χ2n) is 12.5. The monoisotopic (exact) mass is 643 g/mol. The number of carbonyl (C=O) groups excluding carboxylic acids is 4. The molecule has 4 rings (SSSR count). The minimum atomic E-state index is -0.601. The topological polar surface area (TPSA) is 129 Å². The number of rotatable bonds is 11. The summed E-state index contributed by atoms with van der Waals surface area (Å²) >= 11 is 0. The van der Waals surface area contributed by atoms with Crippen LogP contribution in [0.25, 0.3) is 11.1 Å². The summed E-state index contributed by atoms with van der Waals surface area (Å²) in [5.74, 6) is -0.524. The number of para-hydroxylation sites is 1. The van der Waals surface area contributed by atoms with Crippen molar-refractivity contribution in [3.63, 3.8) is 0 Å². The predicted molar refractivity (Wildman–Crippen MR) is 181 cm³/mol. The van der Waals surface area contributed by atoms with E-state index in [9.17, 15) is 19.2 Å². The number of ether oxygens (including phenoxy) is 2. The first-order chi connectivity index (χ1) is 22.5. The Labute approximate surface area is 276 Å². The lowest BCUT2D eigenvalue weighted by Gasteiger charge is -2.32. The van der Waals surface area contributed by atoms with Crippen LogP contribution in [-0.2, 0) is 9.47 Å². The van der Waals surface area contributed by atoms with Gasteiger partial charge in [-0.25, -0.2) is 9.59 Å². The second-order valence-corrected chi connectivity index (χ2v) is 12.5. The molecule has 0 atom stereocenters. The van der Waals surface area contributed by atoms with E-state index >= 15 is 0 Å². The highest BCUT2D eigenvalue weighted by Gasteiger charge is 2.24. The summed E-state index contributed by atoms with van der Waals surface area (Å²) in [4.78, 5) is 54.1. The van der Waals surface area contributed by atoms with Gasteiger partial charge in [0.1, 0.15) is 11.7 Å². The molecule has 3 aromatic carbocycles. The molecular weight excluding hydrogens is 598 g/mol. The van der Waals surface area contributed by atoms with E-state index in [0.29, 0.717) is 42.7 Å². The number of benzene rings is 3. The third kappa shape index (κ3) is 11.1. The van der Waals surface area contributed by atoms with E-state index in [2.05, 4.69) is 20.9 Å². The fourth-order valence-corrected chi connectivity index (χ4v) is 5.17. The number of likely N-dealkylation sites (N-methyl/N-ethyl adjacent to an activating group) is 1. The number of anilines is 1. The van der Waals surface area contributed by atoms with Crippen LogP contribution >= 0.6 is 0 Å². The first-order valence-corrected chi connectivity index (χ1v) is 15.9. The summed E-state index contributed by atoms with van der Waals surface area (Å²) in [5.41, 5.74) is 2.82. The second kappa shape index (κ2) is 16.6. The molecule has 0 bridgehead atoms. The molecule has 0 aromatic heterocycles. The molecular formula is C36H45N5O6. The average molecular weight is 644 g/mol. The normalized spacial score (nSPS) is 13.7. The quantitative estimate of drug-likeness (QED) is 0.239. The molecule has 1 saturated heterocycles. The molecule has 11 nitrogen and oxygen atoms in total. The third-order valence-corrected chi connectivity index (χ3v) is 7.61. The molecule has 0 radical (unpaired) electrons. The number of nitrogens with one attached hydrogen (secondary N) is 3. The maximum Gasteiger partial charge on any atom is 0.411 e. The Kier molecular flexibility index (Phi) is 12.3. The zero-order chi connectivity index (χ0) is 33.8. The van der Waals surface area contributed by atoms with Crippen LogP contribution in [0.3, 0.4) is 0 Å². The van der Waals surface area contributed by atoms with Crippen LogP contribution in [0.5, 0.6) is 0 Å². The van der Waals surface area contributed by atoms with Gasteiger partial charge in [-0.1, -0.05) is 54.6 Å². The van der Waals surface area contributed by atoms with Gasteiger partial charge in [-0.15, -0.1) is 0 Å². The summed E-state index contributed by atoms with van der Waals surface area (Å²) in [5, 5.41) is 8.24. The molecule has 4 amide bonds. The molecule has 1 aliphatic rings. The summed E-state index contributed by atoms with van der Waals surface area (Å²) in [7, 11) is 1.74. The summed E-state index contributed by atoms with van der Waals surface area (Å²) < 4.78 is 10.9. The minimum absolute atomic E-state index is 0.183. The van der Waals surface area contributed by atoms with Crippen LogP contribution in [0.15, 0.2) is 78.9 Å². The number of nitrogens with zero attached hydrogens (tertiary/aromatic N) is 2. The Morgan fingerprint density at radius 1 is 0.830 bits per heavy atom. The van der Waals surface area contributed by atoms with E-state index in [1.165, 1.54) is 0 Å². The number of hydrogen-bond acceptors (Lipinski definition) is 7. The van der Waals surface area contributed by atoms with Crippen molar-refractivity contribution in [3.8, 4) is 11.1 Å². The van der Waals surface area contributed by atoms with Crippen LogP contribution in [-0.4, -0.2) is 91.8 Å². The Morgan fingerprint density at radius 2 is 1.49 bits per heavy atom. The molecule has 1 heterocycles. The van der Waals surface area contributed by atoms with Gasteiger partial charge in [-0.05, 0) is 63.4 Å².